The molecule has 1 heterocycles. The van der Waals surface area contributed by atoms with Gasteiger partial charge in [0.05, 0.1) is 10.6 Å². The predicted octanol–water partition coefficient (Wildman–Crippen LogP) is 6.28. The van der Waals surface area contributed by atoms with Crippen LogP contribution >= 0.6 is 20.0 Å². The van der Waals surface area contributed by atoms with E-state index in [4.69, 9.17) is 4.89 Å². The number of nitrogens with one attached hydrogen (secondary N) is 1. The van der Waals surface area contributed by atoms with Crippen molar-refractivity contribution in [1.82, 2.24) is 10.3 Å². The van der Waals surface area contributed by atoms with Crippen LogP contribution in [0.25, 0.3) is 0 Å². The first kappa shape index (κ1) is 26.2. The van der Waals surface area contributed by atoms with Crippen LogP contribution in [-0.4, -0.2) is 28.8 Å². The molecule has 0 aliphatic heterocycles. The van der Waals surface area contributed by atoms with Gasteiger partial charge in [0.25, 0.3) is 0 Å². The highest BCUT2D eigenvalue weighted by atomic mass is 32.2. The molecule has 1 aromatic heterocycles. The van der Waals surface area contributed by atoms with Gasteiger partial charge in [0.1, 0.15) is 18.2 Å². The Kier molecular flexibility index (Phi) is 10.7. The number of benzene rings is 1. The monoisotopic (exact) mass is 497 g/mol. The predicted molar refractivity (Wildman–Crippen MR) is 127 cm³/mol. The highest BCUT2D eigenvalue weighted by Gasteiger charge is 2.36. The first-order valence-electron chi connectivity index (χ1n) is 11.5. The molecule has 0 saturated heterocycles. The van der Waals surface area contributed by atoms with E-state index in [0.717, 1.165) is 56.3 Å². The Bertz CT molecular complexity index is 913. The van der Waals surface area contributed by atoms with Crippen molar-refractivity contribution < 1.29 is 22.8 Å². The van der Waals surface area contributed by atoms with E-state index in [1.54, 1.807) is 18.3 Å². The second-order valence-electron chi connectivity index (χ2n) is 8.48. The minimum absolute atomic E-state index is 0.0424. The first-order chi connectivity index (χ1) is 16.0. The van der Waals surface area contributed by atoms with Crippen molar-refractivity contribution in [3.63, 3.8) is 0 Å². The summed E-state index contributed by atoms with van der Waals surface area (Å²) in [5, 5.41) is 3.11. The van der Waals surface area contributed by atoms with Crippen LogP contribution in [0.1, 0.15) is 62.6 Å². The number of nitrogens with zero attached hydrogens (tertiary/aromatic N) is 1. The van der Waals surface area contributed by atoms with Crippen LogP contribution in [0.4, 0.5) is 8.78 Å². The molecule has 33 heavy (non-hydrogen) atoms. The van der Waals surface area contributed by atoms with Gasteiger partial charge in [-0.25, -0.2) is 8.78 Å². The van der Waals surface area contributed by atoms with Crippen molar-refractivity contribution in [1.29, 1.82) is 0 Å². The Hall–Kier alpha value is -1.44. The molecule has 5 nitrogen and oxygen atoms in total. The number of pyridine rings is 1. The molecular weight excluding hydrogens is 465 g/mol. The van der Waals surface area contributed by atoms with Crippen molar-refractivity contribution in [2.75, 3.05) is 18.9 Å². The summed E-state index contributed by atoms with van der Waals surface area (Å²) in [5.41, 5.74) is 1.43. The number of halogens is 2. The summed E-state index contributed by atoms with van der Waals surface area (Å²) in [4.78, 5) is 13.4. The zero-order valence-corrected chi connectivity index (χ0v) is 20.5. The molecule has 2 aromatic rings. The molecule has 0 spiro atoms. The van der Waals surface area contributed by atoms with E-state index in [9.17, 15) is 13.3 Å². The van der Waals surface area contributed by atoms with Crippen LogP contribution in [-0.2, 0) is 21.0 Å². The van der Waals surface area contributed by atoms with Crippen molar-refractivity contribution in [3.8, 4) is 0 Å². The van der Waals surface area contributed by atoms with E-state index in [1.165, 1.54) is 17.8 Å². The lowest BCUT2D eigenvalue weighted by atomic mass is 9.75. The van der Waals surface area contributed by atoms with E-state index in [0.29, 0.717) is 30.1 Å². The van der Waals surface area contributed by atoms with E-state index in [-0.39, 0.29) is 23.7 Å². The van der Waals surface area contributed by atoms with Crippen LogP contribution < -0.4 is 5.32 Å². The molecule has 3 rings (SSSR count). The molecule has 0 amide bonds. The number of hydrogen-bond acceptors (Lipinski definition) is 5. The molecular formula is C24H32F2N2O3PS+. The Morgan fingerprint density at radius 1 is 1.15 bits per heavy atom. The number of hydrogen-bond donors (Lipinski definition) is 2. The van der Waals surface area contributed by atoms with Crippen LogP contribution in [0.5, 0.6) is 0 Å². The molecule has 2 N–H and O–H groups in total. The Balaban J connectivity index is 1.39. The second-order valence-corrected chi connectivity index (χ2v) is 10.4. The molecule has 1 aromatic carbocycles. The van der Waals surface area contributed by atoms with E-state index >= 15 is 0 Å². The topological polar surface area (TPSA) is 71.5 Å². The summed E-state index contributed by atoms with van der Waals surface area (Å²) in [6.45, 7) is 1.19. The Morgan fingerprint density at radius 3 is 2.67 bits per heavy atom. The summed E-state index contributed by atoms with van der Waals surface area (Å²) in [6.07, 6.45) is 9.47. The minimum Gasteiger partial charge on any atom is -0.311 e. The summed E-state index contributed by atoms with van der Waals surface area (Å²) in [6, 6.07) is 8.63. The van der Waals surface area contributed by atoms with E-state index in [1.807, 2.05) is 12.1 Å². The van der Waals surface area contributed by atoms with Gasteiger partial charge in [-0.1, -0.05) is 37.5 Å². The fourth-order valence-electron chi connectivity index (χ4n) is 4.56. The molecule has 180 valence electrons. The molecule has 9 heteroatoms. The second kappa shape index (κ2) is 13.4. The fraction of sp³-hybridized carbons (Fsp3) is 0.542. The van der Waals surface area contributed by atoms with Gasteiger partial charge >= 0.3 is 8.25 Å². The lowest BCUT2D eigenvalue weighted by molar-refractivity contribution is 0.276. The van der Waals surface area contributed by atoms with Crippen molar-refractivity contribution in [3.05, 3.63) is 59.4 Å². The van der Waals surface area contributed by atoms with Gasteiger partial charge in [-0.3, -0.25) is 4.98 Å². The maximum absolute atomic E-state index is 14.4. The number of unbranched alkanes of at least 4 members (excludes halogenated alkanes) is 1. The number of thioether (sulfide) groups is 1. The maximum atomic E-state index is 14.4. The average Bonchev–Trinajstić information content (AvgIpc) is 3.27. The van der Waals surface area contributed by atoms with Crippen LogP contribution in [0.3, 0.4) is 0 Å². The highest BCUT2D eigenvalue weighted by Crippen LogP contribution is 2.45. The van der Waals surface area contributed by atoms with Gasteiger partial charge in [0.2, 0.25) is 0 Å². The highest BCUT2D eigenvalue weighted by molar-refractivity contribution is 7.99. The van der Waals surface area contributed by atoms with Crippen molar-refractivity contribution in [2.45, 2.75) is 68.2 Å². The summed E-state index contributed by atoms with van der Waals surface area (Å²) < 4.78 is 43.9. The molecule has 1 aliphatic rings. The van der Waals surface area contributed by atoms with Gasteiger partial charge in [-0.2, -0.15) is 0 Å². The standard InChI is InChI=1S/C24H31F2N2O3PS/c25-21-9-2-1-8-20(21)24(10-3-4-11-24)12-5-6-15-33-23-18-28-19(16-22(23)26)17-27-13-7-14-31-32(29)30/h1-2,8-9,16,18,27H,3-7,10-15,17H2/p+1. The van der Waals surface area contributed by atoms with Gasteiger partial charge < -0.3 is 5.32 Å². The average molecular weight is 498 g/mol. The van der Waals surface area contributed by atoms with Crippen molar-refractivity contribution in [2.24, 2.45) is 0 Å². The van der Waals surface area contributed by atoms with E-state index < -0.39 is 8.25 Å². The summed E-state index contributed by atoms with van der Waals surface area (Å²) in [7, 11) is -2.56. The zero-order chi connectivity index (χ0) is 23.5. The Morgan fingerprint density at radius 2 is 1.94 bits per heavy atom. The maximum Gasteiger partial charge on any atom is 0.694 e. The van der Waals surface area contributed by atoms with E-state index in [2.05, 4.69) is 14.8 Å². The normalized spacial score (nSPS) is 15.7. The van der Waals surface area contributed by atoms with Crippen LogP contribution in [0.2, 0.25) is 0 Å². The van der Waals surface area contributed by atoms with Gasteiger partial charge in [0.15, 0.2) is 0 Å². The summed E-state index contributed by atoms with van der Waals surface area (Å²) in [5.74, 6) is 0.439. The molecule has 1 aliphatic carbocycles. The fourth-order valence-corrected chi connectivity index (χ4v) is 5.74. The molecule has 0 bridgehead atoms. The molecule has 1 saturated carbocycles. The molecule has 1 unspecified atom stereocenters. The summed E-state index contributed by atoms with van der Waals surface area (Å²) >= 11 is 1.47. The van der Waals surface area contributed by atoms with Gasteiger partial charge in [-0.15, -0.1) is 21.2 Å². The van der Waals surface area contributed by atoms with Crippen molar-refractivity contribution >= 4 is 20.0 Å². The zero-order valence-electron chi connectivity index (χ0n) is 18.8. The third-order valence-electron chi connectivity index (χ3n) is 6.20. The molecule has 0 radical (unpaired) electrons. The third-order valence-corrected chi connectivity index (χ3v) is 7.70. The molecule has 1 atom stereocenters. The van der Waals surface area contributed by atoms with Gasteiger partial charge in [-0.05, 0) is 67.5 Å². The lowest BCUT2D eigenvalue weighted by Crippen LogP contribution is -2.23. The Labute approximate surface area is 199 Å². The van der Waals surface area contributed by atoms with Gasteiger partial charge in [0, 0.05) is 17.3 Å². The minimum atomic E-state index is -2.56. The number of rotatable bonds is 14. The smallest absolute Gasteiger partial charge is 0.311 e. The van der Waals surface area contributed by atoms with Crippen LogP contribution in [0, 0.1) is 11.6 Å². The molecule has 1 fully saturated rings. The third kappa shape index (κ3) is 8.08. The largest absolute Gasteiger partial charge is 0.694 e. The SMILES string of the molecule is O=[P+](O)OCCCNCc1cc(F)c(SCCCCC2(c3ccccc3F)CCCC2)cn1. The number of aromatic nitrogens is 1. The lowest BCUT2D eigenvalue weighted by Gasteiger charge is -2.30. The van der Waals surface area contributed by atoms with Crippen LogP contribution in [0.15, 0.2) is 41.4 Å². The quantitative estimate of drug-likeness (QED) is 0.182. The first-order valence-corrected chi connectivity index (χ1v) is 13.6.